The molecule has 12 heteroatoms. The van der Waals surface area contributed by atoms with Gasteiger partial charge in [0.25, 0.3) is 5.91 Å². The Hall–Kier alpha value is -2.79. The topological polar surface area (TPSA) is 72.9 Å². The first-order valence-corrected chi connectivity index (χ1v) is 12.5. The Morgan fingerprint density at radius 2 is 1.69 bits per heavy atom. The van der Waals surface area contributed by atoms with E-state index < -0.39 is 26.8 Å². The zero-order valence-electron chi connectivity index (χ0n) is 18.8. The number of methoxy groups -OCH3 is 1. The first-order chi connectivity index (χ1) is 16.9. The van der Waals surface area contributed by atoms with Gasteiger partial charge in [0.15, 0.2) is 0 Å². The average molecular weight is 562 g/mol. The quantitative estimate of drug-likeness (QED) is 0.296. The van der Waals surface area contributed by atoms with E-state index in [2.05, 4.69) is 0 Å². The van der Waals surface area contributed by atoms with Crippen LogP contribution in [0, 0.1) is 0 Å². The van der Waals surface area contributed by atoms with Crippen LogP contribution in [-0.4, -0.2) is 39.5 Å². The minimum Gasteiger partial charge on any atom is -0.383 e. The van der Waals surface area contributed by atoms with Gasteiger partial charge >= 0.3 is 16.3 Å². The molecule has 0 fully saturated rings. The Bertz CT molecular complexity index is 1330. The van der Waals surface area contributed by atoms with Gasteiger partial charge in [0.2, 0.25) is 0 Å². The van der Waals surface area contributed by atoms with E-state index in [0.29, 0.717) is 16.7 Å². The van der Waals surface area contributed by atoms with Crippen LogP contribution in [0.1, 0.15) is 21.5 Å². The van der Waals surface area contributed by atoms with E-state index in [1.807, 2.05) is 0 Å². The fourth-order valence-electron chi connectivity index (χ4n) is 3.16. The molecule has 0 saturated heterocycles. The number of carbonyl (C=O) groups is 1. The number of nitrogens with zero attached hydrogens (tertiary/aromatic N) is 1. The van der Waals surface area contributed by atoms with Crippen LogP contribution in [0.3, 0.4) is 0 Å². The standard InChI is InChI=1S/C24H20Cl2F3NO5S/c1-34-12-11-30(23(31)21-10-7-18(25)14-22(21)26)15-16-5-8-19(9-6-16)35-36(32,33)20-4-2-3-17(13-20)24(27,28)29/h2-10,13-14H,11-12,15H2,1H3. The maximum Gasteiger partial charge on any atom is 0.416 e. The van der Waals surface area contributed by atoms with Crippen molar-refractivity contribution in [3.05, 3.63) is 93.5 Å². The molecule has 0 N–H and O–H groups in total. The van der Waals surface area contributed by atoms with Crippen LogP contribution in [0.25, 0.3) is 0 Å². The van der Waals surface area contributed by atoms with E-state index >= 15 is 0 Å². The van der Waals surface area contributed by atoms with Crippen molar-refractivity contribution < 1.29 is 35.3 Å². The Balaban J connectivity index is 1.76. The lowest BCUT2D eigenvalue weighted by atomic mass is 10.1. The van der Waals surface area contributed by atoms with Gasteiger partial charge in [-0.25, -0.2) is 0 Å². The molecule has 0 atom stereocenters. The van der Waals surface area contributed by atoms with Crippen molar-refractivity contribution in [3.63, 3.8) is 0 Å². The smallest absolute Gasteiger partial charge is 0.383 e. The lowest BCUT2D eigenvalue weighted by Gasteiger charge is -2.23. The molecule has 0 saturated carbocycles. The summed E-state index contributed by atoms with van der Waals surface area (Å²) in [6.45, 7) is 0.644. The third-order valence-electron chi connectivity index (χ3n) is 4.97. The molecule has 0 aliphatic heterocycles. The van der Waals surface area contributed by atoms with E-state index in [4.69, 9.17) is 32.1 Å². The fourth-order valence-corrected chi connectivity index (χ4v) is 4.63. The molecule has 192 valence electrons. The number of halogens is 5. The maximum atomic E-state index is 13.1. The Kier molecular flexibility index (Phi) is 8.89. The summed E-state index contributed by atoms with van der Waals surface area (Å²) >= 11 is 12.1. The van der Waals surface area contributed by atoms with Crippen molar-refractivity contribution in [1.29, 1.82) is 0 Å². The molecule has 3 aromatic rings. The van der Waals surface area contributed by atoms with Gasteiger partial charge in [-0.3, -0.25) is 4.79 Å². The predicted molar refractivity (Wildman–Crippen MR) is 129 cm³/mol. The highest BCUT2D eigenvalue weighted by Crippen LogP contribution is 2.31. The van der Waals surface area contributed by atoms with Crippen LogP contribution in [-0.2, 0) is 27.6 Å². The number of alkyl halides is 3. The Morgan fingerprint density at radius 1 is 1.00 bits per heavy atom. The van der Waals surface area contributed by atoms with E-state index in [0.717, 1.165) is 18.2 Å². The van der Waals surface area contributed by atoms with Gasteiger partial charge < -0.3 is 13.8 Å². The van der Waals surface area contributed by atoms with Crippen LogP contribution < -0.4 is 4.18 Å². The molecular weight excluding hydrogens is 542 g/mol. The largest absolute Gasteiger partial charge is 0.416 e. The van der Waals surface area contributed by atoms with Gasteiger partial charge in [0.05, 0.1) is 22.8 Å². The summed E-state index contributed by atoms with van der Waals surface area (Å²) in [5.41, 5.74) is -0.221. The fraction of sp³-hybridized carbons (Fsp3) is 0.208. The van der Waals surface area contributed by atoms with Crippen molar-refractivity contribution in [2.75, 3.05) is 20.3 Å². The summed E-state index contributed by atoms with van der Waals surface area (Å²) in [5.74, 6) is -0.465. The predicted octanol–water partition coefficient (Wildman–Crippen LogP) is 6.07. The molecule has 0 aromatic heterocycles. The first kappa shape index (κ1) is 27.8. The van der Waals surface area contributed by atoms with E-state index in [1.54, 1.807) is 6.07 Å². The molecule has 0 unspecified atom stereocenters. The van der Waals surface area contributed by atoms with Crippen molar-refractivity contribution >= 4 is 39.2 Å². The van der Waals surface area contributed by atoms with Gasteiger partial charge in [0.1, 0.15) is 10.6 Å². The second-order valence-electron chi connectivity index (χ2n) is 7.55. The maximum absolute atomic E-state index is 13.1. The molecule has 0 aliphatic carbocycles. The van der Waals surface area contributed by atoms with E-state index in [9.17, 15) is 26.4 Å². The van der Waals surface area contributed by atoms with Crippen LogP contribution in [0.15, 0.2) is 71.6 Å². The van der Waals surface area contributed by atoms with E-state index in [-0.39, 0.29) is 41.9 Å². The minimum absolute atomic E-state index is 0.105. The number of hydrogen-bond donors (Lipinski definition) is 0. The minimum atomic E-state index is -4.70. The highest BCUT2D eigenvalue weighted by molar-refractivity contribution is 7.87. The SMILES string of the molecule is COCCN(Cc1ccc(OS(=O)(=O)c2cccc(C(F)(F)F)c2)cc1)C(=O)c1ccc(Cl)cc1Cl. The Morgan fingerprint density at radius 3 is 2.31 bits per heavy atom. The average Bonchev–Trinajstić information content (AvgIpc) is 2.82. The Labute approximate surface area is 216 Å². The van der Waals surface area contributed by atoms with Gasteiger partial charge in [-0.05, 0) is 54.1 Å². The second-order valence-corrected chi connectivity index (χ2v) is 9.94. The normalized spacial score (nSPS) is 11.8. The summed E-state index contributed by atoms with van der Waals surface area (Å²) in [4.78, 5) is 13.9. The van der Waals surface area contributed by atoms with Crippen LogP contribution >= 0.6 is 23.2 Å². The lowest BCUT2D eigenvalue weighted by Crippen LogP contribution is -2.33. The molecule has 0 radical (unpaired) electrons. The van der Waals surface area contributed by atoms with Gasteiger partial charge in [-0.1, -0.05) is 41.4 Å². The van der Waals surface area contributed by atoms with Gasteiger partial charge in [-0.15, -0.1) is 0 Å². The van der Waals surface area contributed by atoms with Crippen molar-refractivity contribution in [3.8, 4) is 5.75 Å². The molecule has 3 rings (SSSR count). The molecule has 1 amide bonds. The molecule has 0 aliphatic rings. The van der Waals surface area contributed by atoms with E-state index in [1.165, 1.54) is 48.4 Å². The lowest BCUT2D eigenvalue weighted by molar-refractivity contribution is -0.137. The van der Waals surface area contributed by atoms with Crippen molar-refractivity contribution in [2.45, 2.75) is 17.6 Å². The molecule has 3 aromatic carbocycles. The molecule has 6 nitrogen and oxygen atoms in total. The summed E-state index contributed by atoms with van der Waals surface area (Å²) in [5, 5.41) is 0.578. The van der Waals surface area contributed by atoms with Crippen LogP contribution in [0.5, 0.6) is 5.75 Å². The third-order valence-corrected chi connectivity index (χ3v) is 6.76. The number of hydrogen-bond acceptors (Lipinski definition) is 5. The zero-order chi connectivity index (χ0) is 26.5. The number of carbonyl (C=O) groups excluding carboxylic acids is 1. The van der Waals surface area contributed by atoms with Gasteiger partial charge in [-0.2, -0.15) is 21.6 Å². The number of rotatable bonds is 9. The molecular formula is C24H20Cl2F3NO5S. The summed E-state index contributed by atoms with van der Waals surface area (Å²) in [6, 6.07) is 13.5. The molecule has 36 heavy (non-hydrogen) atoms. The van der Waals surface area contributed by atoms with Crippen molar-refractivity contribution in [1.82, 2.24) is 4.90 Å². The number of amides is 1. The zero-order valence-corrected chi connectivity index (χ0v) is 21.1. The monoisotopic (exact) mass is 561 g/mol. The molecule has 0 bridgehead atoms. The second kappa shape index (κ2) is 11.5. The highest BCUT2D eigenvalue weighted by atomic mass is 35.5. The summed E-state index contributed by atoms with van der Waals surface area (Å²) in [7, 11) is -3.01. The van der Waals surface area contributed by atoms with Crippen LogP contribution in [0.2, 0.25) is 10.0 Å². The van der Waals surface area contributed by atoms with Crippen molar-refractivity contribution in [2.24, 2.45) is 0 Å². The highest BCUT2D eigenvalue weighted by Gasteiger charge is 2.32. The first-order valence-electron chi connectivity index (χ1n) is 10.3. The number of ether oxygens (including phenoxy) is 1. The summed E-state index contributed by atoms with van der Waals surface area (Å²) in [6.07, 6.45) is -4.70. The molecule has 0 spiro atoms. The van der Waals surface area contributed by atoms with Gasteiger partial charge in [0, 0.05) is 25.2 Å². The number of benzene rings is 3. The summed E-state index contributed by atoms with van der Waals surface area (Å²) < 4.78 is 73.8. The van der Waals surface area contributed by atoms with Crippen LogP contribution in [0.4, 0.5) is 13.2 Å². The third kappa shape index (κ3) is 7.13. The molecule has 0 heterocycles.